The zero-order valence-electron chi connectivity index (χ0n) is 15.6. The molecule has 0 amide bonds. The van der Waals surface area contributed by atoms with Crippen molar-refractivity contribution in [2.24, 2.45) is 0 Å². The molecule has 1 saturated heterocycles. The van der Waals surface area contributed by atoms with Crippen LogP contribution in [0.15, 0.2) is 11.1 Å². The van der Waals surface area contributed by atoms with Crippen molar-refractivity contribution in [2.45, 2.75) is 25.2 Å². The third-order valence-corrected chi connectivity index (χ3v) is 8.15. The summed E-state index contributed by atoms with van der Waals surface area (Å²) in [6.07, 6.45) is 0.621. The van der Waals surface area contributed by atoms with E-state index in [9.17, 15) is 28.3 Å². The molecule has 17 nitrogen and oxygen atoms in total. The van der Waals surface area contributed by atoms with Crippen LogP contribution in [-0.4, -0.2) is 54.0 Å². The predicted molar refractivity (Wildman–Crippen MR) is 100 cm³/mol. The molecule has 0 aliphatic carbocycles. The van der Waals surface area contributed by atoms with Crippen LogP contribution in [0.5, 0.6) is 0 Å². The van der Waals surface area contributed by atoms with Gasteiger partial charge in [-0.15, -0.1) is 0 Å². The summed E-state index contributed by atoms with van der Waals surface area (Å²) in [5.41, 5.74) is 5.22. The Morgan fingerprint density at radius 3 is 2.58 bits per heavy atom. The third-order valence-electron chi connectivity index (χ3n) is 3.91. The Morgan fingerprint density at radius 2 is 1.90 bits per heavy atom. The largest absolute Gasteiger partial charge is 0.490 e. The van der Waals surface area contributed by atoms with Crippen LogP contribution in [0.1, 0.15) is 19.1 Å². The molecule has 20 heteroatoms. The molecule has 1 aliphatic rings. The third kappa shape index (κ3) is 6.06. The molecular formula is C11H18N5O12P3. The molecule has 174 valence electrons. The van der Waals surface area contributed by atoms with Crippen molar-refractivity contribution in [3.8, 4) is 0 Å². The molecule has 0 saturated carbocycles. The lowest BCUT2D eigenvalue weighted by Crippen LogP contribution is -2.17. The molecular weight excluding hydrogens is 487 g/mol. The molecule has 5 atom stereocenters. The summed E-state index contributed by atoms with van der Waals surface area (Å²) in [4.78, 5) is 50.0. The second kappa shape index (κ2) is 8.81. The second-order valence-corrected chi connectivity index (χ2v) is 10.9. The lowest BCUT2D eigenvalue weighted by atomic mass is 10.2. The quantitative estimate of drug-likeness (QED) is 0.289. The van der Waals surface area contributed by atoms with E-state index in [1.165, 1.54) is 10.9 Å². The molecule has 2 aromatic heterocycles. The molecule has 0 spiro atoms. The number of nitrogens with zero attached hydrogens (tertiary/aromatic N) is 3. The number of rotatable bonds is 9. The molecule has 0 bridgehead atoms. The summed E-state index contributed by atoms with van der Waals surface area (Å²) >= 11 is 0. The van der Waals surface area contributed by atoms with E-state index in [-0.39, 0.29) is 17.1 Å². The summed E-state index contributed by atoms with van der Waals surface area (Å²) < 4.78 is 58.0. The fourth-order valence-corrected chi connectivity index (χ4v) is 5.96. The number of phosphoric ester groups is 2. The first-order chi connectivity index (χ1) is 14.3. The number of ether oxygens (including phenoxy) is 1. The minimum atomic E-state index is -5.48. The average Bonchev–Trinajstić information content (AvgIpc) is 3.24. The number of imidazole rings is 1. The zero-order valence-corrected chi connectivity index (χ0v) is 18.3. The first-order valence-corrected chi connectivity index (χ1v) is 12.8. The lowest BCUT2D eigenvalue weighted by Gasteiger charge is -2.19. The van der Waals surface area contributed by atoms with Crippen LogP contribution in [0.2, 0.25) is 0 Å². The van der Waals surface area contributed by atoms with Crippen molar-refractivity contribution in [3.05, 3.63) is 16.7 Å². The predicted octanol–water partition coefficient (Wildman–Crippen LogP) is 0.377. The fraction of sp³-hybridized carbons (Fsp3) is 0.545. The maximum atomic E-state index is 11.9. The topological polar surface area (TPSA) is 248 Å². The summed E-state index contributed by atoms with van der Waals surface area (Å²) in [5, 5.41) is 0. The van der Waals surface area contributed by atoms with Crippen LogP contribution >= 0.6 is 23.5 Å². The highest BCUT2D eigenvalue weighted by Crippen LogP contribution is 2.67. The first kappa shape index (κ1) is 24.2. The van der Waals surface area contributed by atoms with Gasteiger partial charge in [0.15, 0.2) is 11.2 Å². The SMILES string of the molecule is COP(=O)(O)OP(=O)(O)OP(=O)(O)OC[C@@H]1CCC(n2cnc3c(=O)[nH]c(N)nc32)O1. The van der Waals surface area contributed by atoms with Crippen molar-refractivity contribution in [1.82, 2.24) is 19.5 Å². The molecule has 1 fully saturated rings. The average molecular weight is 505 g/mol. The van der Waals surface area contributed by atoms with Crippen LogP contribution < -0.4 is 11.3 Å². The van der Waals surface area contributed by atoms with Gasteiger partial charge in [-0.05, 0) is 12.8 Å². The minimum absolute atomic E-state index is 0.0432. The number of hydrogen-bond donors (Lipinski definition) is 5. The van der Waals surface area contributed by atoms with E-state index >= 15 is 0 Å². The van der Waals surface area contributed by atoms with Crippen molar-refractivity contribution < 1.29 is 50.8 Å². The van der Waals surface area contributed by atoms with E-state index in [0.29, 0.717) is 20.0 Å². The molecule has 31 heavy (non-hydrogen) atoms. The number of fused-ring (bicyclic) bond motifs is 1. The van der Waals surface area contributed by atoms with E-state index in [0.717, 1.165) is 0 Å². The molecule has 6 N–H and O–H groups in total. The number of nitrogens with two attached hydrogens (primary N) is 1. The van der Waals surface area contributed by atoms with Gasteiger partial charge in [0.05, 0.1) is 19.0 Å². The van der Waals surface area contributed by atoms with Crippen molar-refractivity contribution in [2.75, 3.05) is 19.5 Å². The van der Waals surface area contributed by atoms with Crippen molar-refractivity contribution in [3.63, 3.8) is 0 Å². The molecule has 4 unspecified atom stereocenters. The number of hydrogen-bond acceptors (Lipinski definition) is 12. The van der Waals surface area contributed by atoms with E-state index in [4.69, 9.17) is 15.4 Å². The van der Waals surface area contributed by atoms with Crippen LogP contribution in [0.4, 0.5) is 5.95 Å². The van der Waals surface area contributed by atoms with Gasteiger partial charge in [-0.1, -0.05) is 0 Å². The highest BCUT2D eigenvalue weighted by molar-refractivity contribution is 7.66. The summed E-state index contributed by atoms with van der Waals surface area (Å²) in [6.45, 7) is -0.547. The summed E-state index contributed by atoms with van der Waals surface area (Å²) in [6, 6.07) is 0. The highest BCUT2D eigenvalue weighted by atomic mass is 31.3. The number of H-pyrrole nitrogens is 1. The lowest BCUT2D eigenvalue weighted by molar-refractivity contribution is -0.0205. The van der Waals surface area contributed by atoms with Gasteiger partial charge >= 0.3 is 23.5 Å². The normalized spacial score (nSPS) is 25.2. The second-order valence-electron chi connectivity index (χ2n) is 6.11. The smallest absolute Gasteiger partial charge is 0.369 e. The van der Waals surface area contributed by atoms with Gasteiger partial charge in [-0.2, -0.15) is 13.6 Å². The van der Waals surface area contributed by atoms with Gasteiger partial charge in [-0.3, -0.25) is 23.4 Å². The van der Waals surface area contributed by atoms with Gasteiger partial charge in [0, 0.05) is 7.11 Å². The number of phosphoric acid groups is 3. The Kier molecular flexibility index (Phi) is 6.87. The van der Waals surface area contributed by atoms with Crippen molar-refractivity contribution >= 4 is 40.6 Å². The van der Waals surface area contributed by atoms with Crippen LogP contribution in [-0.2, 0) is 36.1 Å². The van der Waals surface area contributed by atoms with Crippen LogP contribution in [0, 0.1) is 0 Å². The highest BCUT2D eigenvalue weighted by Gasteiger charge is 2.42. The molecule has 3 rings (SSSR count). The van der Waals surface area contributed by atoms with Crippen LogP contribution in [0.3, 0.4) is 0 Å². The first-order valence-electron chi connectivity index (χ1n) is 8.30. The van der Waals surface area contributed by atoms with Gasteiger partial charge in [0.25, 0.3) is 5.56 Å². The Labute approximate surface area is 172 Å². The standard InChI is InChI=1S/C11H18N5O12P3/c1-24-29(18,19)27-31(22,23)28-30(20,21)25-4-6-2-3-7(26-6)16-5-13-8-9(16)14-11(12)15-10(8)17/h5-7H,2-4H2,1H3,(H,18,19)(H,20,21)(H,22,23)(H3,12,14,15,17)/t6-,7?/m0/s1. The van der Waals surface area contributed by atoms with E-state index < -0.39 is 48.0 Å². The maximum absolute atomic E-state index is 11.9. The van der Waals surface area contributed by atoms with Gasteiger partial charge in [0.2, 0.25) is 5.95 Å². The molecule has 0 radical (unpaired) electrons. The zero-order chi connectivity index (χ0) is 23.0. The number of aromatic amines is 1. The number of aromatic nitrogens is 4. The monoisotopic (exact) mass is 505 g/mol. The Balaban J connectivity index is 1.61. The van der Waals surface area contributed by atoms with Crippen LogP contribution in [0.25, 0.3) is 11.2 Å². The fourth-order valence-electron chi connectivity index (χ4n) is 2.68. The van der Waals surface area contributed by atoms with Gasteiger partial charge in [-0.25, -0.2) is 18.7 Å². The number of anilines is 1. The van der Waals surface area contributed by atoms with Gasteiger partial charge < -0.3 is 25.2 Å². The molecule has 1 aliphatic heterocycles. The molecule has 0 aromatic carbocycles. The number of nitrogens with one attached hydrogen (secondary N) is 1. The molecule has 3 heterocycles. The Hall–Kier alpha value is -1.48. The maximum Gasteiger partial charge on any atom is 0.490 e. The summed E-state index contributed by atoms with van der Waals surface area (Å²) in [7, 11) is -15.0. The van der Waals surface area contributed by atoms with E-state index in [2.05, 4.69) is 32.6 Å². The Morgan fingerprint density at radius 1 is 1.23 bits per heavy atom. The van der Waals surface area contributed by atoms with E-state index in [1.54, 1.807) is 0 Å². The van der Waals surface area contributed by atoms with Crippen molar-refractivity contribution in [1.29, 1.82) is 0 Å². The number of nitrogen functional groups attached to an aromatic ring is 1. The van der Waals surface area contributed by atoms with E-state index in [1.807, 2.05) is 0 Å². The minimum Gasteiger partial charge on any atom is -0.369 e. The van der Waals surface area contributed by atoms with Gasteiger partial charge in [0.1, 0.15) is 6.23 Å². The summed E-state index contributed by atoms with van der Waals surface area (Å²) in [5.74, 6) is -0.118. The molecule has 2 aromatic rings. The Bertz CT molecular complexity index is 1160.